The van der Waals surface area contributed by atoms with Gasteiger partial charge in [-0.05, 0) is 30.7 Å². The lowest BCUT2D eigenvalue weighted by Gasteiger charge is -2.10. The van der Waals surface area contributed by atoms with Crippen LogP contribution in [0.4, 0.5) is 5.13 Å². The van der Waals surface area contributed by atoms with E-state index in [1.54, 1.807) is 31.3 Å². The van der Waals surface area contributed by atoms with Crippen LogP contribution in [0.1, 0.15) is 12.5 Å². The first-order valence-electron chi connectivity index (χ1n) is 5.91. The predicted octanol–water partition coefficient (Wildman–Crippen LogP) is 3.60. The first kappa shape index (κ1) is 13.0. The van der Waals surface area contributed by atoms with Crippen LogP contribution < -0.4 is 4.90 Å². The maximum absolute atomic E-state index is 12.4. The van der Waals surface area contributed by atoms with E-state index in [-0.39, 0.29) is 5.91 Å². The van der Waals surface area contributed by atoms with E-state index in [0.29, 0.717) is 21.7 Å². The van der Waals surface area contributed by atoms with Gasteiger partial charge in [-0.2, -0.15) is 0 Å². The number of aromatic nitrogens is 1. The molecular formula is C14H10ClN3OS. The average molecular weight is 304 g/mol. The summed E-state index contributed by atoms with van der Waals surface area (Å²) in [6.45, 7) is 1.79. The number of nitrogens with zero attached hydrogens (tertiary/aromatic N) is 3. The van der Waals surface area contributed by atoms with Crippen molar-refractivity contribution in [2.75, 3.05) is 4.90 Å². The number of aliphatic imine (C=N–C) groups is 1. The van der Waals surface area contributed by atoms with E-state index in [1.807, 2.05) is 17.5 Å². The summed E-state index contributed by atoms with van der Waals surface area (Å²) in [5.41, 5.74) is 1.29. The molecule has 0 saturated carbocycles. The van der Waals surface area contributed by atoms with Crippen LogP contribution in [0.15, 0.2) is 46.5 Å². The third-order valence-corrected chi connectivity index (χ3v) is 3.82. The van der Waals surface area contributed by atoms with E-state index in [4.69, 9.17) is 11.6 Å². The van der Waals surface area contributed by atoms with Gasteiger partial charge in [0, 0.05) is 16.6 Å². The summed E-state index contributed by atoms with van der Waals surface area (Å²) in [7, 11) is 0. The van der Waals surface area contributed by atoms with Crippen molar-refractivity contribution in [3.8, 4) is 0 Å². The van der Waals surface area contributed by atoms with Crippen LogP contribution in [-0.4, -0.2) is 16.7 Å². The number of hydrogen-bond acceptors (Lipinski definition) is 4. The van der Waals surface area contributed by atoms with E-state index >= 15 is 0 Å². The van der Waals surface area contributed by atoms with Gasteiger partial charge >= 0.3 is 0 Å². The van der Waals surface area contributed by atoms with Gasteiger partial charge in [0.1, 0.15) is 11.5 Å². The lowest BCUT2D eigenvalue weighted by atomic mass is 10.2. The number of rotatable bonds is 2. The highest BCUT2D eigenvalue weighted by Crippen LogP contribution is 2.26. The zero-order valence-corrected chi connectivity index (χ0v) is 12.1. The molecular weight excluding hydrogens is 294 g/mol. The quantitative estimate of drug-likeness (QED) is 0.796. The molecule has 0 atom stereocenters. The molecule has 3 rings (SSSR count). The van der Waals surface area contributed by atoms with E-state index in [0.717, 1.165) is 5.56 Å². The Bertz CT molecular complexity index is 705. The summed E-state index contributed by atoms with van der Waals surface area (Å²) in [5.74, 6) is 0.470. The van der Waals surface area contributed by atoms with Crippen LogP contribution in [0.3, 0.4) is 0 Å². The highest BCUT2D eigenvalue weighted by molar-refractivity contribution is 7.14. The van der Waals surface area contributed by atoms with E-state index in [1.165, 1.54) is 16.2 Å². The Hall–Kier alpha value is -1.98. The molecule has 1 aromatic carbocycles. The van der Waals surface area contributed by atoms with Crippen molar-refractivity contribution in [2.24, 2.45) is 4.99 Å². The van der Waals surface area contributed by atoms with Crippen LogP contribution >= 0.6 is 22.9 Å². The Labute approximate surface area is 125 Å². The number of carbonyl (C=O) groups is 1. The standard InChI is InChI=1S/C14H10ClN3OS/c1-9-17-12(8-10-2-4-11(15)5-3-10)13(19)18(9)14-16-6-7-20-14/h2-8H,1H3. The third-order valence-electron chi connectivity index (χ3n) is 2.81. The molecule has 0 radical (unpaired) electrons. The Morgan fingerprint density at radius 2 is 2.05 bits per heavy atom. The SMILES string of the molecule is CC1=NC(=Cc2ccc(Cl)cc2)C(=O)N1c1nccs1. The number of halogens is 1. The van der Waals surface area contributed by atoms with Gasteiger partial charge in [-0.1, -0.05) is 23.7 Å². The van der Waals surface area contributed by atoms with E-state index in [2.05, 4.69) is 9.98 Å². The minimum atomic E-state index is -0.160. The number of amides is 1. The van der Waals surface area contributed by atoms with Crippen molar-refractivity contribution in [2.45, 2.75) is 6.92 Å². The first-order valence-corrected chi connectivity index (χ1v) is 7.17. The average Bonchev–Trinajstić information content (AvgIpc) is 3.02. The van der Waals surface area contributed by atoms with Crippen LogP contribution in [0, 0.1) is 0 Å². The molecule has 1 aliphatic rings. The lowest BCUT2D eigenvalue weighted by Crippen LogP contribution is -2.29. The summed E-state index contributed by atoms with van der Waals surface area (Å²) in [6, 6.07) is 7.25. The maximum Gasteiger partial charge on any atom is 0.284 e. The fraction of sp³-hybridized carbons (Fsp3) is 0.0714. The van der Waals surface area contributed by atoms with Gasteiger partial charge in [-0.25, -0.2) is 14.9 Å². The topological polar surface area (TPSA) is 45.6 Å². The number of carbonyl (C=O) groups excluding carboxylic acids is 1. The second-order valence-electron chi connectivity index (χ2n) is 4.20. The van der Waals surface area contributed by atoms with Gasteiger partial charge in [0.2, 0.25) is 0 Å². The normalized spacial score (nSPS) is 16.9. The fourth-order valence-electron chi connectivity index (χ4n) is 1.90. The molecule has 100 valence electrons. The van der Waals surface area contributed by atoms with Crippen LogP contribution in [-0.2, 0) is 4.79 Å². The zero-order chi connectivity index (χ0) is 14.1. The molecule has 0 fully saturated rings. The maximum atomic E-state index is 12.4. The minimum Gasteiger partial charge on any atom is -0.266 e. The number of thiazole rings is 1. The number of hydrogen-bond donors (Lipinski definition) is 0. The monoisotopic (exact) mass is 303 g/mol. The van der Waals surface area contributed by atoms with Gasteiger partial charge in [-0.3, -0.25) is 4.79 Å². The Morgan fingerprint density at radius 1 is 1.30 bits per heavy atom. The van der Waals surface area contributed by atoms with Crippen LogP contribution in [0.2, 0.25) is 5.02 Å². The summed E-state index contributed by atoms with van der Waals surface area (Å²) in [4.78, 5) is 22.4. The van der Waals surface area contributed by atoms with Crippen molar-refractivity contribution >= 4 is 45.9 Å². The summed E-state index contributed by atoms with van der Waals surface area (Å²) < 4.78 is 0. The lowest BCUT2D eigenvalue weighted by molar-refractivity contribution is -0.113. The van der Waals surface area contributed by atoms with Gasteiger partial charge in [0.05, 0.1) is 0 Å². The molecule has 2 heterocycles. The number of amidine groups is 1. The third kappa shape index (κ3) is 2.37. The van der Waals surface area contributed by atoms with E-state index in [9.17, 15) is 4.79 Å². The highest BCUT2D eigenvalue weighted by atomic mass is 35.5. The van der Waals surface area contributed by atoms with Crippen molar-refractivity contribution < 1.29 is 4.79 Å². The van der Waals surface area contributed by atoms with Gasteiger partial charge in [0.25, 0.3) is 5.91 Å². The molecule has 1 aromatic heterocycles. The second kappa shape index (κ2) is 5.19. The van der Waals surface area contributed by atoms with Gasteiger partial charge in [0.15, 0.2) is 5.13 Å². The number of benzene rings is 1. The molecule has 0 spiro atoms. The minimum absolute atomic E-state index is 0.160. The van der Waals surface area contributed by atoms with Crippen molar-refractivity contribution in [3.63, 3.8) is 0 Å². The summed E-state index contributed by atoms with van der Waals surface area (Å²) in [5, 5.41) is 3.13. The molecule has 0 saturated heterocycles. The van der Waals surface area contributed by atoms with E-state index < -0.39 is 0 Å². The van der Waals surface area contributed by atoms with Gasteiger partial charge in [-0.15, -0.1) is 11.3 Å². The molecule has 0 bridgehead atoms. The van der Waals surface area contributed by atoms with Crippen LogP contribution in [0.25, 0.3) is 6.08 Å². The largest absolute Gasteiger partial charge is 0.284 e. The fourth-order valence-corrected chi connectivity index (χ4v) is 2.71. The zero-order valence-electron chi connectivity index (χ0n) is 10.6. The first-order chi connectivity index (χ1) is 9.65. The second-order valence-corrected chi connectivity index (χ2v) is 5.50. The van der Waals surface area contributed by atoms with Crippen molar-refractivity contribution in [3.05, 3.63) is 52.1 Å². The molecule has 0 unspecified atom stereocenters. The molecule has 0 N–H and O–H groups in total. The number of anilines is 1. The molecule has 1 amide bonds. The molecule has 1 aliphatic heterocycles. The molecule has 2 aromatic rings. The summed E-state index contributed by atoms with van der Waals surface area (Å²) >= 11 is 7.25. The van der Waals surface area contributed by atoms with Crippen molar-refractivity contribution in [1.82, 2.24) is 4.98 Å². The molecule has 0 aliphatic carbocycles. The molecule has 6 heteroatoms. The highest BCUT2D eigenvalue weighted by Gasteiger charge is 2.30. The van der Waals surface area contributed by atoms with Crippen LogP contribution in [0.5, 0.6) is 0 Å². The molecule has 20 heavy (non-hydrogen) atoms. The predicted molar refractivity (Wildman–Crippen MR) is 82.1 cm³/mol. The molecule has 4 nitrogen and oxygen atoms in total. The summed E-state index contributed by atoms with van der Waals surface area (Å²) in [6.07, 6.45) is 3.41. The Balaban J connectivity index is 1.93. The van der Waals surface area contributed by atoms with Crippen molar-refractivity contribution in [1.29, 1.82) is 0 Å². The smallest absolute Gasteiger partial charge is 0.266 e. The Kier molecular flexibility index (Phi) is 3.38. The van der Waals surface area contributed by atoms with Gasteiger partial charge < -0.3 is 0 Å². The Morgan fingerprint density at radius 3 is 2.70 bits per heavy atom.